The van der Waals surface area contributed by atoms with Crippen molar-refractivity contribution in [2.24, 2.45) is 5.92 Å². The van der Waals surface area contributed by atoms with Crippen LogP contribution in [0.3, 0.4) is 0 Å². The van der Waals surface area contributed by atoms with E-state index in [9.17, 15) is 4.79 Å². The van der Waals surface area contributed by atoms with Gasteiger partial charge < -0.3 is 4.90 Å². The number of nitrogens with zero attached hydrogens (tertiary/aromatic N) is 1. The second-order valence-corrected chi connectivity index (χ2v) is 6.91. The first-order chi connectivity index (χ1) is 9.61. The van der Waals surface area contributed by atoms with Crippen molar-refractivity contribution in [3.05, 3.63) is 28.2 Å². The number of halogens is 1. The maximum atomic E-state index is 12.7. The van der Waals surface area contributed by atoms with Gasteiger partial charge in [0.2, 0.25) is 0 Å². The molecule has 0 spiro atoms. The predicted molar refractivity (Wildman–Crippen MR) is 89.5 cm³/mol. The molecule has 1 atom stereocenters. The van der Waals surface area contributed by atoms with Crippen molar-refractivity contribution in [2.75, 3.05) is 13.1 Å². The van der Waals surface area contributed by atoms with Crippen LogP contribution < -0.4 is 0 Å². The second-order valence-electron chi connectivity index (χ2n) is 5.54. The Morgan fingerprint density at radius 3 is 2.95 bits per heavy atom. The minimum atomic E-state index is 0.130. The fraction of sp³-hybridized carbons (Fsp3) is 0.562. The van der Waals surface area contributed by atoms with Gasteiger partial charge in [0.1, 0.15) is 0 Å². The van der Waals surface area contributed by atoms with Crippen molar-refractivity contribution in [1.82, 2.24) is 4.90 Å². The van der Waals surface area contributed by atoms with Crippen LogP contribution in [0, 0.1) is 5.92 Å². The standard InChI is InChI=1S/C16H22BrNOS/c1-2-4-12-5-3-9-18(10-8-12)16(19)14-11-13(20)6-7-15(14)17/h6-7,11-12,20H,2-5,8-10H2,1H3. The molecule has 20 heavy (non-hydrogen) atoms. The van der Waals surface area contributed by atoms with Gasteiger partial charge in [0.05, 0.1) is 5.56 Å². The maximum absolute atomic E-state index is 12.7. The summed E-state index contributed by atoms with van der Waals surface area (Å²) in [7, 11) is 0. The Kier molecular flexibility index (Phi) is 5.97. The molecule has 1 unspecified atom stereocenters. The molecule has 0 radical (unpaired) electrons. The van der Waals surface area contributed by atoms with Gasteiger partial charge in [-0.1, -0.05) is 19.8 Å². The van der Waals surface area contributed by atoms with Crippen molar-refractivity contribution >= 4 is 34.5 Å². The van der Waals surface area contributed by atoms with Crippen LogP contribution in [-0.2, 0) is 0 Å². The summed E-state index contributed by atoms with van der Waals surface area (Å²) in [6, 6.07) is 5.64. The third kappa shape index (κ3) is 4.01. The Balaban J connectivity index is 2.07. The van der Waals surface area contributed by atoms with E-state index in [1.54, 1.807) is 0 Å². The number of carbonyl (C=O) groups is 1. The molecule has 4 heteroatoms. The van der Waals surface area contributed by atoms with Gasteiger partial charge in [0, 0.05) is 22.5 Å². The van der Waals surface area contributed by atoms with E-state index in [2.05, 4.69) is 35.5 Å². The lowest BCUT2D eigenvalue weighted by atomic mass is 9.96. The fourth-order valence-electron chi connectivity index (χ4n) is 2.91. The Morgan fingerprint density at radius 1 is 1.40 bits per heavy atom. The lowest BCUT2D eigenvalue weighted by Gasteiger charge is -2.21. The summed E-state index contributed by atoms with van der Waals surface area (Å²) >= 11 is 7.80. The lowest BCUT2D eigenvalue weighted by Crippen LogP contribution is -2.32. The number of amides is 1. The van der Waals surface area contributed by atoms with Gasteiger partial charge in [-0.15, -0.1) is 12.6 Å². The summed E-state index contributed by atoms with van der Waals surface area (Å²) < 4.78 is 0.856. The van der Waals surface area contributed by atoms with Crippen molar-refractivity contribution < 1.29 is 4.79 Å². The monoisotopic (exact) mass is 355 g/mol. The van der Waals surface area contributed by atoms with Gasteiger partial charge >= 0.3 is 0 Å². The average molecular weight is 356 g/mol. The molecule has 0 aromatic heterocycles. The normalized spacial score (nSPS) is 19.8. The number of thiol groups is 1. The van der Waals surface area contributed by atoms with Crippen molar-refractivity contribution in [1.29, 1.82) is 0 Å². The Hall–Kier alpha value is -0.480. The number of carbonyl (C=O) groups excluding carboxylic acids is 1. The molecule has 1 aliphatic heterocycles. The van der Waals surface area contributed by atoms with E-state index in [1.165, 1.54) is 19.3 Å². The molecule has 1 aliphatic rings. The molecule has 1 aromatic carbocycles. The Labute approximate surface area is 135 Å². The number of hydrogen-bond donors (Lipinski definition) is 1. The van der Waals surface area contributed by atoms with Crippen molar-refractivity contribution in [2.45, 2.75) is 43.9 Å². The van der Waals surface area contributed by atoms with E-state index >= 15 is 0 Å². The number of hydrogen-bond acceptors (Lipinski definition) is 2. The second kappa shape index (κ2) is 7.51. The molecule has 1 amide bonds. The zero-order chi connectivity index (χ0) is 14.5. The van der Waals surface area contributed by atoms with Crippen LogP contribution in [-0.4, -0.2) is 23.9 Å². The van der Waals surface area contributed by atoms with Crippen LogP contribution in [0.5, 0.6) is 0 Å². The van der Waals surface area contributed by atoms with Crippen LogP contribution in [0.15, 0.2) is 27.6 Å². The smallest absolute Gasteiger partial charge is 0.255 e. The molecule has 1 aromatic rings. The SMILES string of the molecule is CCCC1CCCN(C(=O)c2cc(S)ccc2Br)CC1. The summed E-state index contributed by atoms with van der Waals surface area (Å²) in [5.41, 5.74) is 0.728. The molecule has 0 aliphatic carbocycles. The first kappa shape index (κ1) is 15.9. The van der Waals surface area contributed by atoms with Crippen LogP contribution in [0.4, 0.5) is 0 Å². The van der Waals surface area contributed by atoms with Gasteiger partial charge in [-0.3, -0.25) is 4.79 Å². The highest BCUT2D eigenvalue weighted by atomic mass is 79.9. The molecular weight excluding hydrogens is 334 g/mol. The highest BCUT2D eigenvalue weighted by Gasteiger charge is 2.22. The number of likely N-dealkylation sites (tertiary alicyclic amines) is 1. The Bertz CT molecular complexity index is 478. The van der Waals surface area contributed by atoms with E-state index < -0.39 is 0 Å². The quantitative estimate of drug-likeness (QED) is 0.773. The van der Waals surface area contributed by atoms with E-state index in [0.717, 1.165) is 46.8 Å². The molecule has 2 nitrogen and oxygen atoms in total. The predicted octanol–water partition coefficient (Wildman–Crippen LogP) is 4.78. The minimum Gasteiger partial charge on any atom is -0.339 e. The van der Waals surface area contributed by atoms with Crippen molar-refractivity contribution in [3.8, 4) is 0 Å². The molecule has 110 valence electrons. The Morgan fingerprint density at radius 2 is 2.20 bits per heavy atom. The number of rotatable bonds is 3. The van der Waals surface area contributed by atoms with E-state index in [0.29, 0.717) is 0 Å². The van der Waals surface area contributed by atoms with E-state index in [4.69, 9.17) is 0 Å². The molecule has 0 N–H and O–H groups in total. The maximum Gasteiger partial charge on any atom is 0.255 e. The lowest BCUT2D eigenvalue weighted by molar-refractivity contribution is 0.0758. The fourth-order valence-corrected chi connectivity index (χ4v) is 3.53. The van der Waals surface area contributed by atoms with Crippen LogP contribution >= 0.6 is 28.6 Å². The zero-order valence-corrected chi connectivity index (χ0v) is 14.4. The summed E-state index contributed by atoms with van der Waals surface area (Å²) in [6.45, 7) is 4.00. The topological polar surface area (TPSA) is 20.3 Å². The molecule has 1 heterocycles. The van der Waals surface area contributed by atoms with Gasteiger partial charge in [0.15, 0.2) is 0 Å². The summed E-state index contributed by atoms with van der Waals surface area (Å²) in [6.07, 6.45) is 6.04. The molecule has 1 fully saturated rings. The molecule has 2 rings (SSSR count). The zero-order valence-electron chi connectivity index (χ0n) is 11.9. The first-order valence-corrected chi connectivity index (χ1v) is 8.63. The number of benzene rings is 1. The highest BCUT2D eigenvalue weighted by Crippen LogP contribution is 2.26. The molecular formula is C16H22BrNOS. The highest BCUT2D eigenvalue weighted by molar-refractivity contribution is 9.10. The van der Waals surface area contributed by atoms with Gasteiger partial charge in [-0.2, -0.15) is 0 Å². The van der Waals surface area contributed by atoms with E-state index in [1.807, 2.05) is 23.1 Å². The minimum absolute atomic E-state index is 0.130. The van der Waals surface area contributed by atoms with Gasteiger partial charge in [-0.25, -0.2) is 0 Å². The van der Waals surface area contributed by atoms with Crippen molar-refractivity contribution in [3.63, 3.8) is 0 Å². The van der Waals surface area contributed by atoms with E-state index in [-0.39, 0.29) is 5.91 Å². The summed E-state index contributed by atoms with van der Waals surface area (Å²) in [4.78, 5) is 15.5. The van der Waals surface area contributed by atoms with Gasteiger partial charge in [-0.05, 0) is 59.3 Å². The first-order valence-electron chi connectivity index (χ1n) is 7.39. The largest absolute Gasteiger partial charge is 0.339 e. The third-order valence-electron chi connectivity index (χ3n) is 4.01. The summed E-state index contributed by atoms with van der Waals surface area (Å²) in [5.74, 6) is 0.919. The summed E-state index contributed by atoms with van der Waals surface area (Å²) in [5, 5.41) is 0. The van der Waals surface area contributed by atoms with Crippen LogP contribution in [0.1, 0.15) is 49.4 Å². The van der Waals surface area contributed by atoms with Crippen LogP contribution in [0.2, 0.25) is 0 Å². The third-order valence-corrected chi connectivity index (χ3v) is 4.98. The molecule has 1 saturated heterocycles. The molecule has 0 saturated carbocycles. The average Bonchev–Trinajstić information content (AvgIpc) is 2.67. The van der Waals surface area contributed by atoms with Gasteiger partial charge in [0.25, 0.3) is 5.91 Å². The molecule has 0 bridgehead atoms. The van der Waals surface area contributed by atoms with Crippen LogP contribution in [0.25, 0.3) is 0 Å².